The van der Waals surface area contributed by atoms with Crippen LogP contribution in [-0.2, 0) is 30.9 Å². The minimum Gasteiger partial charge on any atom is -0.493 e. The van der Waals surface area contributed by atoms with E-state index in [9.17, 15) is 8.42 Å². The fourth-order valence-electron chi connectivity index (χ4n) is 8.82. The van der Waals surface area contributed by atoms with E-state index in [0.717, 1.165) is 42.9 Å². The summed E-state index contributed by atoms with van der Waals surface area (Å²) in [6, 6.07) is 11.3. The van der Waals surface area contributed by atoms with E-state index in [1.165, 1.54) is 11.1 Å². The Morgan fingerprint density at radius 1 is 1.11 bits per heavy atom. The maximum Gasteiger partial charge on any atom is 0.297 e. The molecule has 0 aromatic heterocycles. The number of likely N-dealkylation sites (N-methyl/N-ethyl adjacent to an activating group) is 1. The van der Waals surface area contributed by atoms with Crippen LogP contribution in [0.1, 0.15) is 36.5 Å². The van der Waals surface area contributed by atoms with Crippen molar-refractivity contribution in [2.24, 2.45) is 11.3 Å². The highest BCUT2D eigenvalue weighted by Gasteiger charge is 2.79. The monoisotopic (exact) mass is 537 g/mol. The predicted octanol–water partition coefficient (Wildman–Crippen LogP) is 4.02. The van der Waals surface area contributed by atoms with Gasteiger partial charge in [-0.2, -0.15) is 8.42 Å². The molecule has 6 aliphatic rings. The molecule has 8 heteroatoms. The lowest BCUT2D eigenvalue weighted by molar-refractivity contribution is -0.226. The number of hydrogen-bond donors (Lipinski definition) is 0. The number of nitrogens with zero attached hydrogens (tertiary/aromatic N) is 1. The third-order valence-corrected chi connectivity index (χ3v) is 11.9. The molecule has 2 fully saturated rings. The molecule has 2 heterocycles. The van der Waals surface area contributed by atoms with Crippen LogP contribution in [-0.4, -0.2) is 65.0 Å². The number of methoxy groups -OCH3 is 2. The van der Waals surface area contributed by atoms with Crippen molar-refractivity contribution in [1.82, 2.24) is 4.90 Å². The first-order valence-corrected chi connectivity index (χ1v) is 14.9. The second kappa shape index (κ2) is 7.84. The second-order valence-electron chi connectivity index (χ2n) is 11.9. The molecule has 2 spiro atoms. The molecule has 2 aromatic carbocycles. The maximum absolute atomic E-state index is 13.4. The van der Waals surface area contributed by atoms with Gasteiger partial charge in [-0.05, 0) is 70.5 Å². The lowest BCUT2D eigenvalue weighted by Crippen LogP contribution is -2.79. The lowest BCUT2D eigenvalue weighted by atomic mass is 9.37. The van der Waals surface area contributed by atoms with E-state index in [-0.39, 0.29) is 33.8 Å². The van der Waals surface area contributed by atoms with Crippen LogP contribution < -0.4 is 9.47 Å². The molecule has 4 aliphatic carbocycles. The van der Waals surface area contributed by atoms with Gasteiger partial charge in [0.15, 0.2) is 11.5 Å². The lowest BCUT2D eigenvalue weighted by Gasteiger charge is -2.71. The van der Waals surface area contributed by atoms with Gasteiger partial charge in [-0.1, -0.05) is 35.9 Å². The van der Waals surface area contributed by atoms with E-state index < -0.39 is 21.8 Å². The number of aryl methyl sites for hydroxylation is 1. The summed E-state index contributed by atoms with van der Waals surface area (Å²) < 4.78 is 51.8. The summed E-state index contributed by atoms with van der Waals surface area (Å²) in [7, 11) is 1.65. The molecule has 202 valence electrons. The van der Waals surface area contributed by atoms with Crippen molar-refractivity contribution < 1.29 is 26.8 Å². The SMILES string of the molecule is COc1ccc2c3c1O[C@@H]1[C@]34CCN(C)[C@H](C2)[C@]42C=C[C@@]1(OC)C([C@@H](C)OS(=O)(=O)c1ccc(C)cc1)C2. The van der Waals surface area contributed by atoms with Gasteiger partial charge in [0, 0.05) is 30.0 Å². The molecule has 4 bridgehead atoms. The molecule has 0 N–H and O–H groups in total. The fourth-order valence-corrected chi connectivity index (χ4v) is 9.93. The largest absolute Gasteiger partial charge is 0.493 e. The van der Waals surface area contributed by atoms with Crippen molar-refractivity contribution in [3.8, 4) is 11.5 Å². The van der Waals surface area contributed by atoms with E-state index in [1.807, 2.05) is 19.9 Å². The molecule has 38 heavy (non-hydrogen) atoms. The molecular formula is C30H35NO6S. The average Bonchev–Trinajstić information content (AvgIpc) is 3.27. The molecule has 7 nitrogen and oxygen atoms in total. The third kappa shape index (κ3) is 2.77. The number of likely N-dealkylation sites (tertiary alicyclic amines) is 1. The summed E-state index contributed by atoms with van der Waals surface area (Å²) in [6.45, 7) is 4.76. The minimum atomic E-state index is -3.96. The third-order valence-electron chi connectivity index (χ3n) is 10.5. The van der Waals surface area contributed by atoms with Crippen molar-refractivity contribution in [3.63, 3.8) is 0 Å². The van der Waals surface area contributed by atoms with E-state index in [4.69, 9.17) is 18.4 Å². The summed E-state index contributed by atoms with van der Waals surface area (Å²) in [5.74, 6) is 1.34. The Bertz CT molecular complexity index is 1450. The topological polar surface area (TPSA) is 74.3 Å². The van der Waals surface area contributed by atoms with Crippen molar-refractivity contribution in [1.29, 1.82) is 0 Å². The van der Waals surface area contributed by atoms with E-state index in [1.54, 1.807) is 38.5 Å². The van der Waals surface area contributed by atoms with Crippen LogP contribution in [0.25, 0.3) is 0 Å². The van der Waals surface area contributed by atoms with Gasteiger partial charge in [-0.25, -0.2) is 0 Å². The summed E-state index contributed by atoms with van der Waals surface area (Å²) in [4.78, 5) is 2.65. The van der Waals surface area contributed by atoms with Gasteiger partial charge in [0.2, 0.25) is 0 Å². The summed E-state index contributed by atoms with van der Waals surface area (Å²) in [5, 5.41) is 0. The van der Waals surface area contributed by atoms with Crippen molar-refractivity contribution in [2.75, 3.05) is 27.8 Å². The highest BCUT2D eigenvalue weighted by atomic mass is 32.2. The Morgan fingerprint density at radius 3 is 2.58 bits per heavy atom. The molecule has 2 aliphatic heterocycles. The molecule has 1 saturated carbocycles. The quantitative estimate of drug-likeness (QED) is 0.407. The minimum absolute atomic E-state index is 0.167. The number of hydrogen-bond acceptors (Lipinski definition) is 7. The summed E-state index contributed by atoms with van der Waals surface area (Å²) >= 11 is 0. The second-order valence-corrected chi connectivity index (χ2v) is 13.4. The first-order chi connectivity index (χ1) is 18.1. The molecular weight excluding hydrogens is 502 g/mol. The van der Waals surface area contributed by atoms with Gasteiger partial charge in [0.25, 0.3) is 10.1 Å². The van der Waals surface area contributed by atoms with Crippen LogP contribution in [0.5, 0.6) is 11.5 Å². The summed E-state index contributed by atoms with van der Waals surface area (Å²) in [5.41, 5.74) is 2.25. The Hall–Kier alpha value is -2.39. The number of fused-ring (bicyclic) bond motifs is 1. The Balaban J connectivity index is 1.36. The molecule has 0 amide bonds. The highest BCUT2D eigenvalue weighted by molar-refractivity contribution is 7.86. The Morgan fingerprint density at radius 2 is 1.87 bits per heavy atom. The Kier molecular flexibility index (Phi) is 5.08. The zero-order valence-corrected chi connectivity index (χ0v) is 23.4. The number of piperidine rings is 1. The average molecular weight is 538 g/mol. The number of rotatable bonds is 6. The van der Waals surface area contributed by atoms with E-state index in [2.05, 4.69) is 30.2 Å². The first-order valence-electron chi connectivity index (χ1n) is 13.5. The molecule has 1 unspecified atom stereocenters. The van der Waals surface area contributed by atoms with Crippen molar-refractivity contribution >= 4 is 10.1 Å². The maximum atomic E-state index is 13.4. The van der Waals surface area contributed by atoms with Gasteiger partial charge >= 0.3 is 0 Å². The molecule has 1 saturated heterocycles. The zero-order chi connectivity index (χ0) is 26.7. The fraction of sp³-hybridized carbons (Fsp3) is 0.533. The van der Waals surface area contributed by atoms with Gasteiger partial charge < -0.3 is 19.1 Å². The number of ether oxygens (including phenoxy) is 3. The Labute approximate surface area is 224 Å². The van der Waals surface area contributed by atoms with E-state index in [0.29, 0.717) is 0 Å². The van der Waals surface area contributed by atoms with Crippen LogP contribution in [0.3, 0.4) is 0 Å². The molecule has 7 atom stereocenters. The van der Waals surface area contributed by atoms with Gasteiger partial charge in [0.1, 0.15) is 11.7 Å². The summed E-state index contributed by atoms with van der Waals surface area (Å²) in [6.07, 6.45) is 6.22. The van der Waals surface area contributed by atoms with Crippen LogP contribution in [0, 0.1) is 18.3 Å². The van der Waals surface area contributed by atoms with Crippen LogP contribution in [0.2, 0.25) is 0 Å². The van der Waals surface area contributed by atoms with E-state index >= 15 is 0 Å². The van der Waals surface area contributed by atoms with Crippen LogP contribution in [0.15, 0.2) is 53.4 Å². The molecule has 8 rings (SSSR count). The normalized spacial score (nSPS) is 37.0. The predicted molar refractivity (Wildman–Crippen MR) is 142 cm³/mol. The van der Waals surface area contributed by atoms with Crippen molar-refractivity contribution in [3.05, 3.63) is 65.2 Å². The van der Waals surface area contributed by atoms with Gasteiger partial charge in [-0.15, -0.1) is 0 Å². The molecule has 2 aromatic rings. The van der Waals surface area contributed by atoms with Crippen molar-refractivity contribution in [2.45, 2.75) is 67.3 Å². The highest BCUT2D eigenvalue weighted by Crippen LogP contribution is 2.75. The van der Waals surface area contributed by atoms with Gasteiger partial charge in [-0.3, -0.25) is 4.18 Å². The zero-order valence-electron chi connectivity index (χ0n) is 22.6. The standard InChI is InChI=1S/C30H35NO6S/c1-18-6-9-21(10-7-18)38(32,33)37-19(2)22-17-28-12-13-30(22,35-5)27-29(28)14-15-31(3)24(28)16-20-8-11-23(34-4)26(36-27)25(20)29/h6-13,19,22,24,27H,14-17H2,1-5H3/t19-,22?,24-,27-,28-,29+,30-/m1/s1. The molecule has 0 radical (unpaired) electrons. The smallest absolute Gasteiger partial charge is 0.297 e. The number of benzene rings is 2. The van der Waals surface area contributed by atoms with Crippen LogP contribution >= 0.6 is 0 Å². The van der Waals surface area contributed by atoms with Gasteiger partial charge in [0.05, 0.1) is 23.5 Å². The van der Waals surface area contributed by atoms with Crippen LogP contribution in [0.4, 0.5) is 0 Å². The first kappa shape index (κ1) is 24.6.